The zero-order chi connectivity index (χ0) is 68.4. The molecule has 0 aromatic carbocycles. The average Bonchev–Trinajstić information content (AvgIpc) is 2.97. The van der Waals surface area contributed by atoms with Gasteiger partial charge in [-0.3, -0.25) is 9.59 Å². The second-order valence-electron chi connectivity index (χ2n) is 30.6. The van der Waals surface area contributed by atoms with E-state index in [1.807, 2.05) is 0 Å². The minimum Gasteiger partial charge on any atom is -0.466 e. The predicted molar refractivity (Wildman–Crippen MR) is 421 cm³/mol. The predicted octanol–water partition coefficient (Wildman–Crippen LogP) is 29.6. The third-order valence-electron chi connectivity index (χ3n) is 21.0. The molecule has 6 heteroatoms. The van der Waals surface area contributed by atoms with Crippen LogP contribution in [0.4, 0.5) is 0 Å². The Morgan fingerprint density at radius 2 is 0.495 bits per heavy atom. The first-order chi connectivity index (χ1) is 47.0. The van der Waals surface area contributed by atoms with E-state index in [9.17, 15) is 19.8 Å². The second-order valence-corrected chi connectivity index (χ2v) is 30.6. The van der Waals surface area contributed by atoms with E-state index >= 15 is 0 Å². The molecule has 564 valence electrons. The molecule has 0 aromatic rings. The molecule has 2 unspecified atom stereocenters. The molecule has 2 atom stereocenters. The Bertz CT molecular complexity index is 1500. The maximum atomic E-state index is 12.6. The summed E-state index contributed by atoms with van der Waals surface area (Å²) < 4.78 is 5.52. The molecule has 6 nitrogen and oxygen atoms in total. The van der Waals surface area contributed by atoms with Gasteiger partial charge in [-0.1, -0.05) is 443 Å². The molecule has 0 saturated heterocycles. The summed E-state index contributed by atoms with van der Waals surface area (Å²) >= 11 is 0. The normalized spacial score (nSPS) is 12.5. The number of amides is 1. The first-order valence-corrected chi connectivity index (χ1v) is 44.1. The summed E-state index contributed by atoms with van der Waals surface area (Å²) in [7, 11) is 0. The van der Waals surface area contributed by atoms with Crippen molar-refractivity contribution in [1.29, 1.82) is 0 Å². The van der Waals surface area contributed by atoms with E-state index in [0.717, 1.165) is 38.5 Å². The van der Waals surface area contributed by atoms with E-state index in [4.69, 9.17) is 4.74 Å². The molecule has 0 fully saturated rings. The van der Waals surface area contributed by atoms with Crippen molar-refractivity contribution in [1.82, 2.24) is 5.32 Å². The van der Waals surface area contributed by atoms with Gasteiger partial charge in [-0.2, -0.15) is 0 Å². The fourth-order valence-electron chi connectivity index (χ4n) is 14.3. The van der Waals surface area contributed by atoms with Crippen molar-refractivity contribution in [3.63, 3.8) is 0 Å². The van der Waals surface area contributed by atoms with Gasteiger partial charge in [-0.15, -0.1) is 0 Å². The van der Waals surface area contributed by atoms with Gasteiger partial charge in [0.05, 0.1) is 25.4 Å². The van der Waals surface area contributed by atoms with Crippen molar-refractivity contribution in [3.8, 4) is 0 Å². The topological polar surface area (TPSA) is 95.9 Å². The second kappa shape index (κ2) is 84.8. The number of carbonyl (C=O) groups is 2. The molecular formula is C89H173NO5. The minimum absolute atomic E-state index is 0.0212. The Balaban J connectivity index is 3.33. The molecule has 95 heavy (non-hydrogen) atoms. The van der Waals surface area contributed by atoms with Crippen molar-refractivity contribution >= 4 is 11.9 Å². The minimum atomic E-state index is -0.663. The van der Waals surface area contributed by atoms with Crippen LogP contribution in [0.15, 0.2) is 24.3 Å². The summed E-state index contributed by atoms with van der Waals surface area (Å²) in [5.41, 5.74) is 0. The number of carbonyl (C=O) groups excluding carboxylic acids is 2. The molecule has 0 aliphatic carbocycles. The molecule has 0 radical (unpaired) electrons. The van der Waals surface area contributed by atoms with Crippen LogP contribution in [-0.2, 0) is 14.3 Å². The average molecular weight is 1340 g/mol. The van der Waals surface area contributed by atoms with E-state index in [-0.39, 0.29) is 18.5 Å². The highest BCUT2D eigenvalue weighted by Crippen LogP contribution is 2.21. The fourth-order valence-corrected chi connectivity index (χ4v) is 14.3. The number of esters is 1. The number of allylic oxidation sites excluding steroid dienone is 4. The Labute approximate surface area is 596 Å². The lowest BCUT2D eigenvalue weighted by Gasteiger charge is -2.22. The zero-order valence-electron chi connectivity index (χ0n) is 64.9. The zero-order valence-corrected chi connectivity index (χ0v) is 64.9. The maximum absolute atomic E-state index is 12.6. The summed E-state index contributed by atoms with van der Waals surface area (Å²) in [6, 6.07) is -0.540. The number of aliphatic hydroxyl groups excluding tert-OH is 2. The molecule has 1 amide bonds. The first-order valence-electron chi connectivity index (χ1n) is 44.1. The summed E-state index contributed by atoms with van der Waals surface area (Å²) in [5.74, 6) is -0.00384. The van der Waals surface area contributed by atoms with Crippen molar-refractivity contribution in [3.05, 3.63) is 24.3 Å². The summed E-state index contributed by atoms with van der Waals surface area (Å²) in [6.07, 6.45) is 110. The lowest BCUT2D eigenvalue weighted by atomic mass is 10.0. The van der Waals surface area contributed by atoms with Gasteiger partial charge < -0.3 is 20.3 Å². The van der Waals surface area contributed by atoms with E-state index in [0.29, 0.717) is 25.9 Å². The monoisotopic (exact) mass is 1340 g/mol. The lowest BCUT2D eigenvalue weighted by molar-refractivity contribution is -0.143. The van der Waals surface area contributed by atoms with Crippen molar-refractivity contribution in [2.75, 3.05) is 13.2 Å². The Hall–Kier alpha value is -1.66. The van der Waals surface area contributed by atoms with Crippen LogP contribution in [-0.4, -0.2) is 47.4 Å². The number of rotatable bonds is 84. The van der Waals surface area contributed by atoms with Crippen LogP contribution in [0.25, 0.3) is 0 Å². The molecule has 0 aliphatic heterocycles. The highest BCUT2D eigenvalue weighted by Gasteiger charge is 2.20. The van der Waals surface area contributed by atoms with Gasteiger partial charge >= 0.3 is 5.97 Å². The molecule has 0 spiro atoms. The van der Waals surface area contributed by atoms with Crippen molar-refractivity contribution in [2.45, 2.75) is 520 Å². The van der Waals surface area contributed by atoms with Crippen LogP contribution in [0.5, 0.6) is 0 Å². The van der Waals surface area contributed by atoms with Crippen LogP contribution in [0.1, 0.15) is 508 Å². The largest absolute Gasteiger partial charge is 0.466 e. The fraction of sp³-hybridized carbons (Fsp3) is 0.933. The molecule has 0 bridgehead atoms. The number of unbranched alkanes of at least 4 members (excludes halogenated alkanes) is 69. The Morgan fingerprint density at radius 1 is 0.284 bits per heavy atom. The molecule has 0 saturated carbocycles. The molecular weight excluding hydrogens is 1160 g/mol. The van der Waals surface area contributed by atoms with Crippen LogP contribution in [0.2, 0.25) is 0 Å². The van der Waals surface area contributed by atoms with Crippen LogP contribution in [0, 0.1) is 0 Å². The Morgan fingerprint density at radius 3 is 0.747 bits per heavy atom. The van der Waals surface area contributed by atoms with E-state index in [1.165, 1.54) is 437 Å². The summed E-state index contributed by atoms with van der Waals surface area (Å²) in [5, 5.41) is 23.5. The third-order valence-corrected chi connectivity index (χ3v) is 21.0. The van der Waals surface area contributed by atoms with E-state index < -0.39 is 12.1 Å². The molecule has 0 heterocycles. The van der Waals surface area contributed by atoms with Gasteiger partial charge in [-0.25, -0.2) is 0 Å². The first kappa shape index (κ1) is 93.3. The SMILES string of the molecule is CCCCCCCC/C=C\CCCCCCCCCCCC(=O)OCCCCCCCCCCCCCCCC/C=C\CCCCCCCCCCCCCCCCCCCC(=O)NC(CO)C(O)CCCCCCCCCCCCCCCCCCCCCCCCCC. The smallest absolute Gasteiger partial charge is 0.305 e. The maximum Gasteiger partial charge on any atom is 0.305 e. The van der Waals surface area contributed by atoms with Gasteiger partial charge in [0.15, 0.2) is 0 Å². The van der Waals surface area contributed by atoms with Gasteiger partial charge in [0.1, 0.15) is 0 Å². The highest BCUT2D eigenvalue weighted by molar-refractivity contribution is 5.76. The van der Waals surface area contributed by atoms with E-state index in [2.05, 4.69) is 43.5 Å². The van der Waals surface area contributed by atoms with Crippen molar-refractivity contribution in [2.24, 2.45) is 0 Å². The molecule has 3 N–H and O–H groups in total. The summed E-state index contributed by atoms with van der Waals surface area (Å²) in [4.78, 5) is 24.7. The number of hydrogen-bond acceptors (Lipinski definition) is 5. The van der Waals surface area contributed by atoms with Crippen LogP contribution < -0.4 is 5.32 Å². The lowest BCUT2D eigenvalue weighted by Crippen LogP contribution is -2.45. The Kier molecular flexibility index (Phi) is 83.3. The van der Waals surface area contributed by atoms with Gasteiger partial charge in [0.25, 0.3) is 0 Å². The van der Waals surface area contributed by atoms with E-state index in [1.54, 1.807) is 0 Å². The number of aliphatic hydroxyl groups is 2. The third kappa shape index (κ3) is 81.2. The van der Waals surface area contributed by atoms with Crippen LogP contribution in [0.3, 0.4) is 0 Å². The molecule has 0 aliphatic rings. The quantitative estimate of drug-likeness (QED) is 0.0320. The van der Waals surface area contributed by atoms with Gasteiger partial charge in [0.2, 0.25) is 5.91 Å². The van der Waals surface area contributed by atoms with Crippen LogP contribution >= 0.6 is 0 Å². The summed E-state index contributed by atoms with van der Waals surface area (Å²) in [6.45, 7) is 5.01. The number of hydrogen-bond donors (Lipinski definition) is 3. The molecule has 0 aromatic heterocycles. The molecule has 0 rings (SSSR count). The number of ether oxygens (including phenoxy) is 1. The van der Waals surface area contributed by atoms with Gasteiger partial charge in [-0.05, 0) is 77.0 Å². The highest BCUT2D eigenvalue weighted by atomic mass is 16.5. The van der Waals surface area contributed by atoms with Gasteiger partial charge in [0, 0.05) is 12.8 Å². The number of nitrogens with one attached hydrogen (secondary N) is 1. The van der Waals surface area contributed by atoms with Crippen molar-refractivity contribution < 1.29 is 24.5 Å². The standard InChI is InChI=1S/C89H173NO5/c1-3-5-7-9-11-13-15-17-19-21-23-24-25-39-42-46-49-53-57-61-65-69-73-77-81-87(92)86(85-91)90-88(93)82-78-74-70-66-62-58-54-50-47-43-40-37-35-33-31-29-27-26-28-30-32-34-36-38-41-44-48-52-56-60-64-68-72-76-80-84-95-89(94)83-79-75-71-67-63-59-55-51-45-22-20-18-16-14-12-10-8-6-4-2/h18,20,28,30,86-87,91-92H,3-17,19,21-27,29,31-85H2,1-2H3,(H,90,93)/b20-18-,30-28-.